The zero-order valence-corrected chi connectivity index (χ0v) is 20.0. The number of rotatable bonds is 8. The summed E-state index contributed by atoms with van der Waals surface area (Å²) < 4.78 is 33.4. The van der Waals surface area contributed by atoms with Gasteiger partial charge >= 0.3 is 5.97 Å². The molecule has 0 heterocycles. The number of amides is 1. The van der Waals surface area contributed by atoms with Crippen LogP contribution in [0.25, 0.3) is 0 Å². The summed E-state index contributed by atoms with van der Waals surface area (Å²) in [6.07, 6.45) is -1.31. The molecule has 0 fully saturated rings. The summed E-state index contributed by atoms with van der Waals surface area (Å²) in [4.78, 5) is 35.6. The second-order valence-corrected chi connectivity index (χ2v) is 9.45. The number of para-hydroxylation sites is 2. The number of nitrogens with zero attached hydrogens (tertiary/aromatic N) is 1. The molecule has 3 rings (SSSR count). The topological polar surface area (TPSA) is 145 Å². The van der Waals surface area contributed by atoms with Gasteiger partial charge in [0.2, 0.25) is 0 Å². The van der Waals surface area contributed by atoms with Crippen LogP contribution in [0.1, 0.15) is 28.4 Å². The van der Waals surface area contributed by atoms with Crippen molar-refractivity contribution in [2.45, 2.75) is 31.8 Å². The van der Waals surface area contributed by atoms with Crippen molar-refractivity contribution in [2.75, 3.05) is 10.0 Å². The van der Waals surface area contributed by atoms with E-state index in [2.05, 4.69) is 10.0 Å². The van der Waals surface area contributed by atoms with Crippen molar-refractivity contribution in [3.05, 3.63) is 93.5 Å². The molecule has 10 nitrogen and oxygen atoms in total. The van der Waals surface area contributed by atoms with Gasteiger partial charge in [-0.05, 0) is 62.2 Å². The quantitative estimate of drug-likeness (QED) is 0.270. The Morgan fingerprint density at radius 1 is 1.00 bits per heavy atom. The first-order valence-electron chi connectivity index (χ1n) is 10.4. The standard InChI is InChI=1S/C24H23N3O7S/c1-15-7-6-8-18(13-15)26-35(32,33)19-12-11-16(2)20(14-19)24(29)34-17(3)23(28)25-21-9-4-5-10-22(21)27(30)31/h4-14,17,26H,1-3H3,(H,25,28). The van der Waals surface area contributed by atoms with Crippen LogP contribution >= 0.6 is 0 Å². The van der Waals surface area contributed by atoms with Crippen LogP contribution in [0, 0.1) is 24.0 Å². The number of nitro groups is 1. The second kappa shape index (κ2) is 10.3. The lowest BCUT2D eigenvalue weighted by atomic mass is 10.1. The minimum absolute atomic E-state index is 0.0394. The molecule has 0 radical (unpaired) electrons. The number of nitrogens with one attached hydrogen (secondary N) is 2. The largest absolute Gasteiger partial charge is 0.449 e. The van der Waals surface area contributed by atoms with E-state index in [4.69, 9.17) is 4.74 Å². The van der Waals surface area contributed by atoms with Gasteiger partial charge in [-0.15, -0.1) is 0 Å². The average molecular weight is 498 g/mol. The molecule has 35 heavy (non-hydrogen) atoms. The molecule has 3 aromatic rings. The number of hydrogen-bond acceptors (Lipinski definition) is 7. The van der Waals surface area contributed by atoms with Crippen molar-refractivity contribution in [2.24, 2.45) is 0 Å². The van der Waals surface area contributed by atoms with Crippen LogP contribution in [0.4, 0.5) is 17.1 Å². The van der Waals surface area contributed by atoms with E-state index in [1.54, 1.807) is 25.1 Å². The molecule has 0 aliphatic rings. The van der Waals surface area contributed by atoms with Crippen molar-refractivity contribution in [3.63, 3.8) is 0 Å². The molecule has 11 heteroatoms. The molecule has 0 aromatic heterocycles. The molecule has 0 aliphatic carbocycles. The fraction of sp³-hybridized carbons (Fsp3) is 0.167. The first kappa shape index (κ1) is 25.4. The van der Waals surface area contributed by atoms with Crippen molar-refractivity contribution in [3.8, 4) is 0 Å². The highest BCUT2D eigenvalue weighted by atomic mass is 32.2. The van der Waals surface area contributed by atoms with Gasteiger partial charge in [0.15, 0.2) is 6.10 Å². The number of carbonyl (C=O) groups excluding carboxylic acids is 2. The summed E-state index contributed by atoms with van der Waals surface area (Å²) in [5, 5.41) is 13.5. The van der Waals surface area contributed by atoms with Gasteiger partial charge < -0.3 is 10.1 Å². The smallest absolute Gasteiger partial charge is 0.339 e. The van der Waals surface area contributed by atoms with Crippen LogP contribution in [0.5, 0.6) is 0 Å². The molecule has 1 atom stereocenters. The maximum Gasteiger partial charge on any atom is 0.339 e. The molecule has 182 valence electrons. The molecular weight excluding hydrogens is 474 g/mol. The van der Waals surface area contributed by atoms with E-state index in [-0.39, 0.29) is 21.8 Å². The van der Waals surface area contributed by atoms with Gasteiger partial charge in [0.05, 0.1) is 15.4 Å². The highest BCUT2D eigenvalue weighted by Gasteiger charge is 2.24. The van der Waals surface area contributed by atoms with Gasteiger partial charge in [-0.2, -0.15) is 0 Å². The Bertz CT molecular complexity index is 1400. The second-order valence-electron chi connectivity index (χ2n) is 7.76. The minimum atomic E-state index is -4.00. The van der Waals surface area contributed by atoms with Gasteiger partial charge in [-0.25, -0.2) is 13.2 Å². The molecule has 1 unspecified atom stereocenters. The van der Waals surface area contributed by atoms with Crippen molar-refractivity contribution in [1.29, 1.82) is 0 Å². The van der Waals surface area contributed by atoms with Crippen molar-refractivity contribution < 1.29 is 27.7 Å². The normalized spacial score (nSPS) is 11.9. The van der Waals surface area contributed by atoms with Crippen molar-refractivity contribution >= 4 is 39.0 Å². The molecule has 1 amide bonds. The first-order valence-corrected chi connectivity index (χ1v) is 11.9. The van der Waals surface area contributed by atoms with Gasteiger partial charge in [0, 0.05) is 11.8 Å². The number of sulfonamides is 1. The Morgan fingerprint density at radius 3 is 2.40 bits per heavy atom. The summed E-state index contributed by atoms with van der Waals surface area (Å²) in [6.45, 7) is 4.72. The number of aryl methyl sites for hydroxylation is 2. The fourth-order valence-corrected chi connectivity index (χ4v) is 4.24. The van der Waals surface area contributed by atoms with E-state index in [0.717, 1.165) is 5.56 Å². The predicted molar refractivity (Wildman–Crippen MR) is 130 cm³/mol. The zero-order chi connectivity index (χ0) is 25.8. The maximum absolute atomic E-state index is 12.8. The lowest BCUT2D eigenvalue weighted by Gasteiger charge is -2.15. The highest BCUT2D eigenvalue weighted by molar-refractivity contribution is 7.92. The summed E-state index contributed by atoms with van der Waals surface area (Å²) in [7, 11) is -4.00. The van der Waals surface area contributed by atoms with Crippen LogP contribution < -0.4 is 10.0 Å². The number of carbonyl (C=O) groups is 2. The Balaban J connectivity index is 1.76. The molecule has 2 N–H and O–H groups in total. The SMILES string of the molecule is Cc1cccc(NS(=O)(=O)c2ccc(C)c(C(=O)OC(C)C(=O)Nc3ccccc3[N+](=O)[O-])c2)c1. The molecule has 0 aliphatic heterocycles. The van der Waals surface area contributed by atoms with Crippen LogP contribution in [0.3, 0.4) is 0 Å². The van der Waals surface area contributed by atoms with Gasteiger partial charge in [0.25, 0.3) is 21.6 Å². The zero-order valence-electron chi connectivity index (χ0n) is 19.1. The molecule has 3 aromatic carbocycles. The number of hydrogen-bond donors (Lipinski definition) is 2. The predicted octanol–water partition coefficient (Wildman–Crippen LogP) is 4.20. The summed E-state index contributed by atoms with van der Waals surface area (Å²) in [5.74, 6) is -1.70. The van der Waals surface area contributed by atoms with Crippen LogP contribution in [0.2, 0.25) is 0 Å². The third kappa shape index (κ3) is 6.21. The number of nitro benzene ring substituents is 1. The van der Waals surface area contributed by atoms with Crippen LogP contribution in [-0.4, -0.2) is 31.3 Å². The lowest BCUT2D eigenvalue weighted by Crippen LogP contribution is -2.30. The first-order chi connectivity index (χ1) is 16.5. The third-order valence-electron chi connectivity index (χ3n) is 5.02. The summed E-state index contributed by atoms with van der Waals surface area (Å²) in [6, 6.07) is 16.3. The molecule has 0 spiro atoms. The van der Waals surface area contributed by atoms with E-state index < -0.39 is 32.9 Å². The van der Waals surface area contributed by atoms with Gasteiger partial charge in [0.1, 0.15) is 5.69 Å². The number of anilines is 2. The Kier molecular flexibility index (Phi) is 7.50. The fourth-order valence-electron chi connectivity index (χ4n) is 3.16. The van der Waals surface area contributed by atoms with Crippen LogP contribution in [-0.2, 0) is 19.6 Å². The third-order valence-corrected chi connectivity index (χ3v) is 6.40. The summed E-state index contributed by atoms with van der Waals surface area (Å²) in [5.41, 5.74) is 1.28. The Morgan fingerprint density at radius 2 is 1.71 bits per heavy atom. The van der Waals surface area contributed by atoms with Crippen LogP contribution in [0.15, 0.2) is 71.6 Å². The molecule has 0 saturated heterocycles. The van der Waals surface area contributed by atoms with E-state index in [1.165, 1.54) is 49.4 Å². The molecule has 0 bridgehead atoms. The van der Waals surface area contributed by atoms with Gasteiger partial charge in [-0.1, -0.05) is 30.3 Å². The van der Waals surface area contributed by atoms with Crippen molar-refractivity contribution in [1.82, 2.24) is 0 Å². The number of ether oxygens (including phenoxy) is 1. The lowest BCUT2D eigenvalue weighted by molar-refractivity contribution is -0.383. The minimum Gasteiger partial charge on any atom is -0.449 e. The molecular formula is C24H23N3O7S. The maximum atomic E-state index is 12.8. The van der Waals surface area contributed by atoms with E-state index in [1.807, 2.05) is 13.0 Å². The Hall–Kier alpha value is -4.25. The van der Waals surface area contributed by atoms with E-state index in [0.29, 0.717) is 11.3 Å². The molecule has 0 saturated carbocycles. The monoisotopic (exact) mass is 497 g/mol. The van der Waals surface area contributed by atoms with E-state index >= 15 is 0 Å². The highest BCUT2D eigenvalue weighted by Crippen LogP contribution is 2.24. The number of benzene rings is 3. The Labute approximate surface area is 202 Å². The summed E-state index contributed by atoms with van der Waals surface area (Å²) >= 11 is 0. The average Bonchev–Trinajstić information content (AvgIpc) is 2.79. The van der Waals surface area contributed by atoms with E-state index in [9.17, 15) is 28.1 Å². The van der Waals surface area contributed by atoms with Gasteiger partial charge in [-0.3, -0.25) is 19.6 Å². The number of esters is 1.